The number of aromatic nitrogens is 1. The molecule has 0 saturated carbocycles. The molecule has 138 valence electrons. The molecule has 5 nitrogen and oxygen atoms in total. The zero-order valence-corrected chi connectivity index (χ0v) is 16.4. The van der Waals surface area contributed by atoms with Crippen molar-refractivity contribution >= 4 is 50.3 Å². The number of nitrogens with zero attached hydrogens (tertiary/aromatic N) is 2. The fraction of sp³-hybridized carbons (Fsp3) is 0.105. The van der Waals surface area contributed by atoms with Gasteiger partial charge in [-0.2, -0.15) is 0 Å². The summed E-state index contributed by atoms with van der Waals surface area (Å²) in [5.74, 6) is 0. The van der Waals surface area contributed by atoms with Gasteiger partial charge in [0.2, 0.25) is 0 Å². The van der Waals surface area contributed by atoms with Gasteiger partial charge in [-0.15, -0.1) is 0 Å². The highest BCUT2D eigenvalue weighted by Gasteiger charge is 2.22. The summed E-state index contributed by atoms with van der Waals surface area (Å²) in [4.78, 5) is 6.26. The maximum Gasteiger partial charge on any atom is 0.261 e. The Morgan fingerprint density at radius 3 is 2.37 bits per heavy atom. The molecular formula is C19H15Cl2N3O2S. The molecule has 2 aromatic carbocycles. The highest BCUT2D eigenvalue weighted by Crippen LogP contribution is 2.36. The average molecular weight is 420 g/mol. The van der Waals surface area contributed by atoms with Crippen LogP contribution in [0.2, 0.25) is 10.0 Å². The third-order valence-corrected chi connectivity index (χ3v) is 6.15. The molecule has 2 heterocycles. The van der Waals surface area contributed by atoms with Crippen molar-refractivity contribution in [3.05, 3.63) is 76.5 Å². The molecule has 1 aliphatic heterocycles. The van der Waals surface area contributed by atoms with Crippen LogP contribution in [0.15, 0.2) is 65.8 Å². The zero-order valence-electron chi connectivity index (χ0n) is 14.1. The van der Waals surface area contributed by atoms with E-state index in [9.17, 15) is 8.42 Å². The standard InChI is InChI=1S/C19H15Cl2N3O2S/c20-14-10-15(21)12-18(11-14)27(25,26)23-16-1-2-19-13(9-16)5-8-24(19)17-3-6-22-7-4-17/h1-4,6-7,9-12,23H,5,8H2. The number of nitrogens with one attached hydrogen (secondary N) is 1. The van der Waals surface area contributed by atoms with Crippen LogP contribution in [0.5, 0.6) is 0 Å². The van der Waals surface area contributed by atoms with Gasteiger partial charge in [0, 0.05) is 46.0 Å². The molecule has 0 unspecified atom stereocenters. The quantitative estimate of drug-likeness (QED) is 0.653. The molecular weight excluding hydrogens is 405 g/mol. The maximum atomic E-state index is 12.6. The molecule has 0 spiro atoms. The van der Waals surface area contributed by atoms with E-state index in [2.05, 4.69) is 14.6 Å². The van der Waals surface area contributed by atoms with Gasteiger partial charge in [0.25, 0.3) is 10.0 Å². The van der Waals surface area contributed by atoms with Crippen LogP contribution in [0.3, 0.4) is 0 Å². The molecule has 0 aliphatic carbocycles. The fourth-order valence-electron chi connectivity index (χ4n) is 3.16. The molecule has 0 saturated heterocycles. The molecule has 0 bridgehead atoms. The van der Waals surface area contributed by atoms with Crippen LogP contribution < -0.4 is 9.62 Å². The summed E-state index contributed by atoms with van der Waals surface area (Å²) >= 11 is 11.8. The normalized spacial score (nSPS) is 13.5. The lowest BCUT2D eigenvalue weighted by atomic mass is 10.1. The average Bonchev–Trinajstić information content (AvgIpc) is 3.04. The van der Waals surface area contributed by atoms with Crippen molar-refractivity contribution in [3.8, 4) is 0 Å². The molecule has 0 radical (unpaired) electrons. The largest absolute Gasteiger partial charge is 0.341 e. The zero-order chi connectivity index (χ0) is 19.0. The Morgan fingerprint density at radius 2 is 1.67 bits per heavy atom. The Kier molecular flexibility index (Phi) is 4.72. The number of benzene rings is 2. The van der Waals surface area contributed by atoms with Crippen LogP contribution in [0, 0.1) is 0 Å². The first kappa shape index (κ1) is 18.1. The van der Waals surface area contributed by atoms with Gasteiger partial charge in [-0.05, 0) is 60.5 Å². The Labute approximate surface area is 167 Å². The molecule has 1 aliphatic rings. The van der Waals surface area contributed by atoms with Crippen molar-refractivity contribution in [2.24, 2.45) is 0 Å². The van der Waals surface area contributed by atoms with E-state index < -0.39 is 10.0 Å². The number of anilines is 3. The SMILES string of the molecule is O=S(=O)(Nc1ccc2c(c1)CCN2c1ccncc1)c1cc(Cl)cc(Cl)c1. The Morgan fingerprint density at radius 1 is 0.963 bits per heavy atom. The monoisotopic (exact) mass is 419 g/mol. The van der Waals surface area contributed by atoms with E-state index in [0.29, 0.717) is 5.69 Å². The summed E-state index contributed by atoms with van der Waals surface area (Å²) in [5.41, 5.74) is 3.71. The van der Waals surface area contributed by atoms with Crippen LogP contribution in [0.25, 0.3) is 0 Å². The fourth-order valence-corrected chi connectivity index (χ4v) is 4.93. The Hall–Kier alpha value is -2.28. The summed E-state index contributed by atoms with van der Waals surface area (Å²) in [6.07, 6.45) is 4.34. The van der Waals surface area contributed by atoms with Gasteiger partial charge >= 0.3 is 0 Å². The molecule has 1 aromatic heterocycles. The molecule has 0 amide bonds. The van der Waals surface area contributed by atoms with Crippen LogP contribution in [0.4, 0.5) is 17.1 Å². The van der Waals surface area contributed by atoms with Gasteiger partial charge in [0.15, 0.2) is 0 Å². The first-order valence-corrected chi connectivity index (χ1v) is 10.5. The van der Waals surface area contributed by atoms with Gasteiger partial charge in [-0.1, -0.05) is 23.2 Å². The number of hydrogen-bond acceptors (Lipinski definition) is 4. The van der Waals surface area contributed by atoms with E-state index in [4.69, 9.17) is 23.2 Å². The number of hydrogen-bond donors (Lipinski definition) is 1. The number of sulfonamides is 1. The molecule has 0 fully saturated rings. The van der Waals surface area contributed by atoms with E-state index in [1.165, 1.54) is 18.2 Å². The summed E-state index contributed by atoms with van der Waals surface area (Å²) in [5, 5.41) is 0.537. The lowest BCUT2D eigenvalue weighted by Crippen LogP contribution is -2.14. The molecule has 0 atom stereocenters. The first-order chi connectivity index (χ1) is 12.9. The minimum atomic E-state index is -3.78. The molecule has 27 heavy (non-hydrogen) atoms. The van der Waals surface area contributed by atoms with Gasteiger partial charge in [0.05, 0.1) is 4.90 Å². The van der Waals surface area contributed by atoms with Crippen molar-refractivity contribution < 1.29 is 8.42 Å². The lowest BCUT2D eigenvalue weighted by Gasteiger charge is -2.19. The van der Waals surface area contributed by atoms with Crippen molar-refractivity contribution in [1.82, 2.24) is 4.98 Å². The van der Waals surface area contributed by atoms with Crippen LogP contribution in [-0.4, -0.2) is 19.9 Å². The van der Waals surface area contributed by atoms with E-state index in [1.54, 1.807) is 18.5 Å². The van der Waals surface area contributed by atoms with Crippen molar-refractivity contribution in [1.29, 1.82) is 0 Å². The van der Waals surface area contributed by atoms with E-state index in [-0.39, 0.29) is 14.9 Å². The second-order valence-electron chi connectivity index (χ2n) is 6.16. The van der Waals surface area contributed by atoms with Crippen LogP contribution in [0.1, 0.15) is 5.56 Å². The third kappa shape index (κ3) is 3.74. The van der Waals surface area contributed by atoms with Crippen molar-refractivity contribution in [3.63, 3.8) is 0 Å². The highest BCUT2D eigenvalue weighted by atomic mass is 35.5. The van der Waals surface area contributed by atoms with Crippen LogP contribution >= 0.6 is 23.2 Å². The second kappa shape index (κ2) is 7.03. The van der Waals surface area contributed by atoms with E-state index in [1.807, 2.05) is 24.3 Å². The van der Waals surface area contributed by atoms with Crippen molar-refractivity contribution in [2.45, 2.75) is 11.3 Å². The minimum Gasteiger partial charge on any atom is -0.341 e. The number of rotatable bonds is 4. The summed E-state index contributed by atoms with van der Waals surface area (Å²) in [6.45, 7) is 0.833. The predicted molar refractivity (Wildman–Crippen MR) is 109 cm³/mol. The molecule has 4 rings (SSSR count). The predicted octanol–water partition coefficient (Wildman–Crippen LogP) is 4.88. The maximum absolute atomic E-state index is 12.6. The first-order valence-electron chi connectivity index (χ1n) is 8.22. The minimum absolute atomic E-state index is 0.0268. The summed E-state index contributed by atoms with van der Waals surface area (Å²) in [7, 11) is -3.78. The number of fused-ring (bicyclic) bond motifs is 1. The van der Waals surface area contributed by atoms with Gasteiger partial charge in [0.1, 0.15) is 0 Å². The number of halogens is 2. The summed E-state index contributed by atoms with van der Waals surface area (Å²) < 4.78 is 27.9. The molecule has 8 heteroatoms. The summed E-state index contributed by atoms with van der Waals surface area (Å²) in [6, 6.07) is 13.7. The molecule has 1 N–H and O–H groups in total. The van der Waals surface area contributed by atoms with Gasteiger partial charge in [-0.25, -0.2) is 8.42 Å². The Bertz CT molecular complexity index is 1080. The molecule has 3 aromatic rings. The second-order valence-corrected chi connectivity index (χ2v) is 8.72. The smallest absolute Gasteiger partial charge is 0.261 e. The van der Waals surface area contributed by atoms with E-state index in [0.717, 1.165) is 29.9 Å². The Balaban J connectivity index is 1.62. The van der Waals surface area contributed by atoms with Crippen LogP contribution in [-0.2, 0) is 16.4 Å². The van der Waals surface area contributed by atoms with Gasteiger partial charge < -0.3 is 4.90 Å². The number of pyridine rings is 1. The van der Waals surface area contributed by atoms with Gasteiger partial charge in [-0.3, -0.25) is 9.71 Å². The topological polar surface area (TPSA) is 62.3 Å². The lowest BCUT2D eigenvalue weighted by molar-refractivity contribution is 0.601. The third-order valence-electron chi connectivity index (χ3n) is 4.35. The highest BCUT2D eigenvalue weighted by molar-refractivity contribution is 7.92. The van der Waals surface area contributed by atoms with Crippen molar-refractivity contribution in [2.75, 3.05) is 16.2 Å². The van der Waals surface area contributed by atoms with E-state index >= 15 is 0 Å².